The average Bonchev–Trinajstić information content (AvgIpc) is 3.23. The molecule has 4 amide bonds. The number of hydrogen-bond acceptors (Lipinski definition) is 6. The lowest BCUT2D eigenvalue weighted by molar-refractivity contribution is -0.136. The smallest absolute Gasteiger partial charge is 0.262 e. The van der Waals surface area contributed by atoms with Crippen LogP contribution in [0.4, 0.5) is 0 Å². The Balaban J connectivity index is 1.49. The summed E-state index contributed by atoms with van der Waals surface area (Å²) in [5, 5.41) is 5.57. The van der Waals surface area contributed by atoms with Crippen LogP contribution in [0.3, 0.4) is 0 Å². The fourth-order valence-electron chi connectivity index (χ4n) is 4.30. The predicted octanol–water partition coefficient (Wildman–Crippen LogP) is 0.129. The number of fused-ring (bicyclic) bond motifs is 1. The van der Waals surface area contributed by atoms with Gasteiger partial charge in [0, 0.05) is 19.5 Å². The maximum absolute atomic E-state index is 12.9. The zero-order valence-corrected chi connectivity index (χ0v) is 15.9. The maximum atomic E-state index is 12.9. The number of rotatable bonds is 5. The zero-order valence-electron chi connectivity index (χ0n) is 15.9. The van der Waals surface area contributed by atoms with Crippen LogP contribution in [0.1, 0.15) is 45.5 Å². The Labute approximate surface area is 163 Å². The molecule has 1 aromatic rings. The van der Waals surface area contributed by atoms with Gasteiger partial charge in [0.05, 0.1) is 11.1 Å². The zero-order chi connectivity index (χ0) is 19.8. The molecule has 0 aliphatic carbocycles. The number of nitrogens with zero attached hydrogens (tertiary/aromatic N) is 2. The molecule has 0 radical (unpaired) electrons. The number of hydrogen-bond donors (Lipinski definition) is 2. The Kier molecular flexibility index (Phi) is 4.99. The Morgan fingerprint density at radius 3 is 2.61 bits per heavy atom. The van der Waals surface area contributed by atoms with Crippen LogP contribution in [0.25, 0.3) is 0 Å². The summed E-state index contributed by atoms with van der Waals surface area (Å²) in [6.45, 7) is 3.75. The molecule has 0 saturated carbocycles. The summed E-state index contributed by atoms with van der Waals surface area (Å²) in [5.41, 5.74) is 1.61. The molecule has 28 heavy (non-hydrogen) atoms. The highest BCUT2D eigenvalue weighted by Crippen LogP contribution is 2.28. The van der Waals surface area contributed by atoms with Crippen LogP contribution in [0.5, 0.6) is 0 Å². The van der Waals surface area contributed by atoms with Gasteiger partial charge in [-0.2, -0.15) is 0 Å². The molecule has 2 fully saturated rings. The Morgan fingerprint density at radius 2 is 1.89 bits per heavy atom. The minimum absolute atomic E-state index is 0.121. The van der Waals surface area contributed by atoms with Crippen molar-refractivity contribution in [2.45, 2.75) is 31.8 Å². The van der Waals surface area contributed by atoms with E-state index in [0.717, 1.165) is 30.1 Å². The monoisotopic (exact) mass is 384 g/mol. The van der Waals surface area contributed by atoms with Crippen LogP contribution in [0, 0.1) is 5.92 Å². The average molecular weight is 384 g/mol. The summed E-state index contributed by atoms with van der Waals surface area (Å²) in [6.07, 6.45) is 1.46. The van der Waals surface area contributed by atoms with Crippen molar-refractivity contribution >= 4 is 23.6 Å². The van der Waals surface area contributed by atoms with Gasteiger partial charge in [-0.05, 0) is 56.6 Å². The van der Waals surface area contributed by atoms with Gasteiger partial charge in [0.2, 0.25) is 11.8 Å². The minimum Gasteiger partial charge on any atom is -0.316 e. The number of amides is 4. The highest BCUT2D eigenvalue weighted by atomic mass is 16.2. The van der Waals surface area contributed by atoms with E-state index in [1.54, 1.807) is 12.1 Å². The van der Waals surface area contributed by atoms with Gasteiger partial charge < -0.3 is 10.2 Å². The lowest BCUT2D eigenvalue weighted by atomic mass is 10.0. The molecule has 0 aromatic heterocycles. The van der Waals surface area contributed by atoms with E-state index in [2.05, 4.69) is 15.5 Å². The van der Waals surface area contributed by atoms with Crippen molar-refractivity contribution in [3.63, 3.8) is 0 Å². The van der Waals surface area contributed by atoms with Crippen molar-refractivity contribution in [2.75, 3.05) is 26.7 Å². The number of carbonyl (C=O) groups excluding carboxylic acids is 4. The van der Waals surface area contributed by atoms with Gasteiger partial charge in [-0.15, -0.1) is 0 Å². The van der Waals surface area contributed by atoms with Gasteiger partial charge in [-0.3, -0.25) is 29.4 Å². The lowest BCUT2D eigenvalue weighted by Gasteiger charge is -2.27. The molecule has 1 aromatic carbocycles. The van der Waals surface area contributed by atoms with Crippen molar-refractivity contribution in [3.8, 4) is 0 Å². The summed E-state index contributed by atoms with van der Waals surface area (Å²) < 4.78 is 0. The van der Waals surface area contributed by atoms with Crippen LogP contribution in [0.2, 0.25) is 0 Å². The van der Waals surface area contributed by atoms with Crippen molar-refractivity contribution in [1.29, 1.82) is 0 Å². The normalized spacial score (nSPS) is 24.9. The lowest BCUT2D eigenvalue weighted by Crippen LogP contribution is -2.54. The van der Waals surface area contributed by atoms with Crippen LogP contribution in [0.15, 0.2) is 18.2 Å². The van der Waals surface area contributed by atoms with E-state index in [4.69, 9.17) is 0 Å². The van der Waals surface area contributed by atoms with Gasteiger partial charge in [0.25, 0.3) is 11.8 Å². The van der Waals surface area contributed by atoms with Crippen molar-refractivity contribution in [2.24, 2.45) is 5.92 Å². The maximum Gasteiger partial charge on any atom is 0.262 e. The molecule has 2 N–H and O–H groups in total. The molecule has 2 atom stereocenters. The number of piperidine rings is 1. The second-order valence-corrected chi connectivity index (χ2v) is 7.88. The topological polar surface area (TPSA) is 98.8 Å². The third-order valence-electron chi connectivity index (χ3n) is 5.69. The molecule has 0 bridgehead atoms. The first-order valence-electron chi connectivity index (χ1n) is 9.68. The molecular formula is C20H24N4O4. The highest BCUT2D eigenvalue weighted by molar-refractivity contribution is 6.23. The first kappa shape index (κ1) is 18.8. The molecule has 3 aliphatic rings. The molecule has 0 spiro atoms. The molecule has 1 unspecified atom stereocenters. The van der Waals surface area contributed by atoms with Gasteiger partial charge in [0.1, 0.15) is 6.04 Å². The standard InChI is InChI=1S/C20H24N4O4/c1-23(11-13-6-7-21-9-13)10-12-2-3-14-15(8-12)20(28)24(19(14)27)16-4-5-17(25)22-18(16)26/h2-3,8,13,16,21H,4-7,9-11H2,1H3,(H,22,25,26)/t13-,16?/m0/s1. The molecule has 3 heterocycles. The third-order valence-corrected chi connectivity index (χ3v) is 5.69. The van der Waals surface area contributed by atoms with Crippen molar-refractivity contribution in [3.05, 3.63) is 34.9 Å². The fourth-order valence-corrected chi connectivity index (χ4v) is 4.30. The van der Waals surface area contributed by atoms with Gasteiger partial charge in [-0.25, -0.2) is 0 Å². The summed E-state index contributed by atoms with van der Waals surface area (Å²) in [4.78, 5) is 52.3. The van der Waals surface area contributed by atoms with Crippen LogP contribution in [-0.2, 0) is 16.1 Å². The summed E-state index contributed by atoms with van der Waals surface area (Å²) in [5.74, 6) is -1.26. The summed E-state index contributed by atoms with van der Waals surface area (Å²) in [7, 11) is 2.05. The Bertz CT molecular complexity index is 847. The van der Waals surface area contributed by atoms with Crippen molar-refractivity contribution < 1.29 is 19.2 Å². The highest BCUT2D eigenvalue weighted by Gasteiger charge is 2.44. The van der Waals surface area contributed by atoms with E-state index in [1.165, 1.54) is 6.42 Å². The molecule has 8 heteroatoms. The van der Waals surface area contributed by atoms with Gasteiger partial charge >= 0.3 is 0 Å². The molecule has 4 rings (SSSR count). The van der Waals surface area contributed by atoms with Crippen LogP contribution in [-0.4, -0.2) is 66.2 Å². The van der Waals surface area contributed by atoms with E-state index in [1.807, 2.05) is 13.1 Å². The van der Waals surface area contributed by atoms with Gasteiger partial charge in [0.15, 0.2) is 0 Å². The van der Waals surface area contributed by atoms with E-state index >= 15 is 0 Å². The molecule has 8 nitrogen and oxygen atoms in total. The predicted molar refractivity (Wildman–Crippen MR) is 100 cm³/mol. The molecule has 148 valence electrons. The summed E-state index contributed by atoms with van der Waals surface area (Å²) in [6, 6.07) is 4.36. The Hall–Kier alpha value is -2.58. The van der Waals surface area contributed by atoms with E-state index in [9.17, 15) is 19.2 Å². The first-order chi connectivity index (χ1) is 13.4. The minimum atomic E-state index is -0.925. The van der Waals surface area contributed by atoms with Crippen LogP contribution < -0.4 is 10.6 Å². The summed E-state index contributed by atoms with van der Waals surface area (Å²) >= 11 is 0. The largest absolute Gasteiger partial charge is 0.316 e. The first-order valence-corrected chi connectivity index (χ1v) is 9.68. The quantitative estimate of drug-likeness (QED) is 0.700. The second-order valence-electron chi connectivity index (χ2n) is 7.88. The fraction of sp³-hybridized carbons (Fsp3) is 0.500. The molecule has 3 aliphatic heterocycles. The van der Waals surface area contributed by atoms with Crippen molar-refractivity contribution in [1.82, 2.24) is 20.4 Å². The molecule has 2 saturated heterocycles. The third kappa shape index (κ3) is 3.45. The number of nitrogens with one attached hydrogen (secondary N) is 2. The Morgan fingerprint density at radius 1 is 1.11 bits per heavy atom. The van der Waals surface area contributed by atoms with Crippen LogP contribution >= 0.6 is 0 Å². The van der Waals surface area contributed by atoms with E-state index < -0.39 is 23.8 Å². The van der Waals surface area contributed by atoms with E-state index in [-0.39, 0.29) is 18.7 Å². The van der Waals surface area contributed by atoms with Gasteiger partial charge in [-0.1, -0.05) is 6.07 Å². The molecular weight excluding hydrogens is 360 g/mol. The van der Waals surface area contributed by atoms with E-state index in [0.29, 0.717) is 23.6 Å². The number of benzene rings is 1. The number of carbonyl (C=O) groups is 4. The second kappa shape index (κ2) is 7.44. The SMILES string of the molecule is CN(Cc1ccc2c(c1)C(=O)N(C1CCC(=O)NC1=O)C2=O)C[C@H]1CCNC1. The number of imide groups is 2.